The summed E-state index contributed by atoms with van der Waals surface area (Å²) in [6.07, 6.45) is 2.11. The average Bonchev–Trinajstić information content (AvgIpc) is 2.86. The highest BCUT2D eigenvalue weighted by Gasteiger charge is 2.20. The van der Waals surface area contributed by atoms with Gasteiger partial charge in [0.1, 0.15) is 0 Å². The minimum atomic E-state index is -1.09. The second-order valence-electron chi connectivity index (χ2n) is 4.78. The first-order chi connectivity index (χ1) is 9.06. The highest BCUT2D eigenvalue weighted by molar-refractivity contribution is 7.99. The van der Waals surface area contributed by atoms with Crippen molar-refractivity contribution in [3.05, 3.63) is 17.9 Å². The number of hydrogen-bond donors (Lipinski definition) is 1. The van der Waals surface area contributed by atoms with Gasteiger partial charge < -0.3 is 14.4 Å². The molecule has 2 heterocycles. The lowest BCUT2D eigenvalue weighted by Crippen LogP contribution is -2.38. The normalized spacial score (nSPS) is 16.6. The number of rotatable bonds is 4. The van der Waals surface area contributed by atoms with Crippen LogP contribution in [0.2, 0.25) is 0 Å². The lowest BCUT2D eigenvalue weighted by Gasteiger charge is -2.30. The van der Waals surface area contributed by atoms with E-state index in [0.717, 1.165) is 25.9 Å². The molecule has 0 atom stereocenters. The fraction of sp³-hybridized carbons (Fsp3) is 0.538. The van der Waals surface area contributed by atoms with Crippen molar-refractivity contribution in [1.29, 1.82) is 0 Å². The van der Waals surface area contributed by atoms with Crippen LogP contribution in [0.15, 0.2) is 21.6 Å². The highest BCUT2D eigenvalue weighted by Crippen LogP contribution is 2.23. The maximum atomic E-state index is 12.0. The first-order valence-corrected chi connectivity index (χ1v) is 7.28. The van der Waals surface area contributed by atoms with Crippen LogP contribution in [0.4, 0.5) is 0 Å². The number of nitrogens with zero attached hydrogens (tertiary/aromatic N) is 1. The minimum absolute atomic E-state index is 0.0881. The molecule has 0 aliphatic carbocycles. The summed E-state index contributed by atoms with van der Waals surface area (Å²) in [6, 6.07) is 2.98. The first-order valence-electron chi connectivity index (χ1n) is 6.30. The van der Waals surface area contributed by atoms with Crippen LogP contribution in [0.1, 0.15) is 30.3 Å². The molecule has 104 valence electrons. The minimum Gasteiger partial charge on any atom is -0.475 e. The summed E-state index contributed by atoms with van der Waals surface area (Å²) >= 11 is 1.24. The van der Waals surface area contributed by atoms with E-state index in [1.165, 1.54) is 17.8 Å². The Morgan fingerprint density at radius 2 is 2.11 bits per heavy atom. The zero-order valence-electron chi connectivity index (χ0n) is 10.8. The lowest BCUT2D eigenvalue weighted by molar-refractivity contribution is -0.129. The van der Waals surface area contributed by atoms with Gasteiger partial charge in [-0.05, 0) is 30.9 Å². The van der Waals surface area contributed by atoms with Crippen LogP contribution in [-0.4, -0.2) is 40.7 Å². The number of carbonyl (C=O) groups is 2. The van der Waals surface area contributed by atoms with E-state index in [1.54, 1.807) is 6.07 Å². The molecule has 1 aromatic heterocycles. The van der Waals surface area contributed by atoms with Crippen molar-refractivity contribution < 1.29 is 19.1 Å². The maximum Gasteiger partial charge on any atom is 0.371 e. The van der Waals surface area contributed by atoms with E-state index in [4.69, 9.17) is 9.52 Å². The molecule has 1 aliphatic heterocycles. The third kappa shape index (κ3) is 3.76. The zero-order chi connectivity index (χ0) is 13.8. The van der Waals surface area contributed by atoms with Gasteiger partial charge in [0, 0.05) is 13.1 Å². The Morgan fingerprint density at radius 1 is 1.42 bits per heavy atom. The SMILES string of the molecule is CC1CCN(C(=O)CSc2ccc(C(=O)O)o2)CC1. The van der Waals surface area contributed by atoms with Crippen LogP contribution in [0, 0.1) is 5.92 Å². The van der Waals surface area contributed by atoms with Crippen LogP contribution in [0.5, 0.6) is 0 Å². The molecule has 5 nitrogen and oxygen atoms in total. The Kier molecular flexibility index (Phi) is 4.52. The Hall–Kier alpha value is -1.43. The molecular formula is C13H17NO4S. The third-order valence-corrected chi connectivity index (χ3v) is 4.16. The molecule has 1 fully saturated rings. The van der Waals surface area contributed by atoms with Gasteiger partial charge >= 0.3 is 5.97 Å². The van der Waals surface area contributed by atoms with Crippen LogP contribution in [0.25, 0.3) is 0 Å². The van der Waals surface area contributed by atoms with E-state index in [1.807, 2.05) is 4.90 Å². The number of furan rings is 1. The van der Waals surface area contributed by atoms with Crippen molar-refractivity contribution in [2.24, 2.45) is 5.92 Å². The van der Waals surface area contributed by atoms with Gasteiger partial charge in [-0.2, -0.15) is 0 Å². The van der Waals surface area contributed by atoms with Crippen molar-refractivity contribution in [2.45, 2.75) is 24.9 Å². The predicted molar refractivity (Wildman–Crippen MR) is 71.4 cm³/mol. The van der Waals surface area contributed by atoms with Gasteiger partial charge in [0.25, 0.3) is 0 Å². The topological polar surface area (TPSA) is 70.8 Å². The van der Waals surface area contributed by atoms with Gasteiger partial charge in [-0.15, -0.1) is 0 Å². The smallest absolute Gasteiger partial charge is 0.371 e. The molecule has 19 heavy (non-hydrogen) atoms. The van der Waals surface area contributed by atoms with E-state index >= 15 is 0 Å². The molecular weight excluding hydrogens is 266 g/mol. The number of carboxylic acid groups (broad SMARTS) is 1. The third-order valence-electron chi connectivity index (χ3n) is 3.27. The molecule has 6 heteroatoms. The number of thioether (sulfide) groups is 1. The number of hydrogen-bond acceptors (Lipinski definition) is 4. The molecule has 0 spiro atoms. The molecule has 0 bridgehead atoms. The molecule has 1 saturated heterocycles. The summed E-state index contributed by atoms with van der Waals surface area (Å²) in [6.45, 7) is 3.84. The summed E-state index contributed by atoms with van der Waals surface area (Å²) in [5.74, 6) is -0.115. The molecule has 0 saturated carbocycles. The quantitative estimate of drug-likeness (QED) is 0.859. The van der Waals surface area contributed by atoms with Crippen molar-refractivity contribution in [2.75, 3.05) is 18.8 Å². The molecule has 0 aromatic carbocycles. The summed E-state index contributed by atoms with van der Waals surface area (Å²) in [5.41, 5.74) is 0. The fourth-order valence-corrected chi connectivity index (χ4v) is 2.76. The average molecular weight is 283 g/mol. The second-order valence-corrected chi connectivity index (χ2v) is 5.76. The molecule has 2 rings (SSSR count). The highest BCUT2D eigenvalue weighted by atomic mass is 32.2. The first kappa shape index (κ1) is 14.0. The Labute approximate surface area is 116 Å². The summed E-state index contributed by atoms with van der Waals surface area (Å²) < 4.78 is 5.09. The molecule has 1 N–H and O–H groups in total. The van der Waals surface area contributed by atoms with E-state index in [2.05, 4.69) is 6.92 Å². The van der Waals surface area contributed by atoms with Gasteiger partial charge in [0.2, 0.25) is 11.7 Å². The second kappa shape index (κ2) is 6.14. The molecule has 1 aliphatic rings. The van der Waals surface area contributed by atoms with Crippen LogP contribution < -0.4 is 0 Å². The van der Waals surface area contributed by atoms with Gasteiger partial charge in [-0.25, -0.2) is 4.79 Å². The van der Waals surface area contributed by atoms with Crippen molar-refractivity contribution in [3.63, 3.8) is 0 Å². The largest absolute Gasteiger partial charge is 0.475 e. The van der Waals surface area contributed by atoms with E-state index < -0.39 is 5.97 Å². The zero-order valence-corrected chi connectivity index (χ0v) is 11.6. The van der Waals surface area contributed by atoms with Gasteiger partial charge in [-0.3, -0.25) is 4.79 Å². The van der Waals surface area contributed by atoms with Gasteiger partial charge in [-0.1, -0.05) is 18.7 Å². The van der Waals surface area contributed by atoms with E-state index in [-0.39, 0.29) is 11.7 Å². The Morgan fingerprint density at radius 3 is 2.68 bits per heavy atom. The Balaban J connectivity index is 1.81. The van der Waals surface area contributed by atoms with E-state index in [0.29, 0.717) is 16.8 Å². The predicted octanol–water partition coefficient (Wildman–Crippen LogP) is 2.33. The van der Waals surface area contributed by atoms with Gasteiger partial charge in [0.15, 0.2) is 5.09 Å². The maximum absolute atomic E-state index is 12.0. The number of piperidine rings is 1. The van der Waals surface area contributed by atoms with Crippen LogP contribution in [-0.2, 0) is 4.79 Å². The monoisotopic (exact) mass is 283 g/mol. The Bertz CT molecular complexity index is 463. The molecule has 0 radical (unpaired) electrons. The molecule has 1 aromatic rings. The van der Waals surface area contributed by atoms with Crippen molar-refractivity contribution >= 4 is 23.6 Å². The number of amides is 1. The van der Waals surface area contributed by atoms with Crippen LogP contribution in [0.3, 0.4) is 0 Å². The molecule has 0 unspecified atom stereocenters. The van der Waals surface area contributed by atoms with Crippen LogP contribution >= 0.6 is 11.8 Å². The summed E-state index contributed by atoms with van der Waals surface area (Å²) in [7, 11) is 0. The number of carboxylic acids is 1. The number of aromatic carboxylic acids is 1. The van der Waals surface area contributed by atoms with E-state index in [9.17, 15) is 9.59 Å². The van der Waals surface area contributed by atoms with Crippen molar-refractivity contribution in [3.8, 4) is 0 Å². The summed E-state index contributed by atoms with van der Waals surface area (Å²) in [4.78, 5) is 24.5. The molecule has 1 amide bonds. The summed E-state index contributed by atoms with van der Waals surface area (Å²) in [5, 5.41) is 9.19. The number of likely N-dealkylation sites (tertiary alicyclic amines) is 1. The lowest BCUT2D eigenvalue weighted by atomic mass is 9.99. The fourth-order valence-electron chi connectivity index (χ4n) is 1.99. The standard InChI is InChI=1S/C13H17NO4S/c1-9-4-6-14(7-5-9)11(15)8-19-12-3-2-10(18-12)13(16)17/h2-3,9H,4-8H2,1H3,(H,16,17). The number of carbonyl (C=O) groups excluding carboxylic acids is 1. The van der Waals surface area contributed by atoms with Crippen molar-refractivity contribution in [1.82, 2.24) is 4.90 Å². The van der Waals surface area contributed by atoms with Gasteiger partial charge in [0.05, 0.1) is 5.75 Å².